The first-order valence-corrected chi connectivity index (χ1v) is 5.56. The minimum atomic E-state index is -1.20. The predicted molar refractivity (Wildman–Crippen MR) is 64.6 cm³/mol. The number of hydrogen-bond acceptors (Lipinski definition) is 3. The number of nitrogens with one attached hydrogen (secondary N) is 1. The first kappa shape index (κ1) is 14.5. The summed E-state index contributed by atoms with van der Waals surface area (Å²) in [6, 6.07) is 1.00. The van der Waals surface area contributed by atoms with Gasteiger partial charge in [-0.25, -0.2) is 8.78 Å². The van der Waals surface area contributed by atoms with Gasteiger partial charge in [0.15, 0.2) is 11.5 Å². The highest BCUT2D eigenvalue weighted by Gasteiger charge is 2.28. The Morgan fingerprint density at radius 1 is 1.44 bits per heavy atom. The molecule has 98 valence electrons. The number of rotatable bonds is 3. The van der Waals surface area contributed by atoms with E-state index in [4.69, 9.17) is 0 Å². The zero-order chi connectivity index (χ0) is 14.1. The van der Waals surface area contributed by atoms with Crippen LogP contribution in [0.25, 0.3) is 0 Å². The summed E-state index contributed by atoms with van der Waals surface area (Å²) in [4.78, 5) is 21.3. The fraction of sp³-hybridized carbons (Fsp3) is 0.300. The van der Waals surface area contributed by atoms with Gasteiger partial charge in [-0.15, -0.1) is 0 Å². The van der Waals surface area contributed by atoms with Gasteiger partial charge in [0, 0.05) is 6.07 Å². The van der Waals surface area contributed by atoms with Gasteiger partial charge in [-0.1, -0.05) is 15.9 Å². The number of nitro benzene ring substituents is 1. The average Bonchev–Trinajstić information content (AvgIpc) is 2.19. The molecule has 1 amide bonds. The number of anilines is 1. The molecule has 0 heterocycles. The summed E-state index contributed by atoms with van der Waals surface area (Å²) in [5.74, 6) is -2.97. The molecule has 0 aliphatic carbocycles. The molecule has 1 N–H and O–H groups in total. The Kier molecular flexibility index (Phi) is 4.00. The van der Waals surface area contributed by atoms with Crippen LogP contribution >= 0.6 is 15.9 Å². The topological polar surface area (TPSA) is 72.2 Å². The number of hydrogen-bond donors (Lipinski definition) is 1. The third-order valence-electron chi connectivity index (χ3n) is 2.01. The highest BCUT2D eigenvalue weighted by Crippen LogP contribution is 2.30. The third-order valence-corrected chi connectivity index (χ3v) is 2.37. The van der Waals surface area contributed by atoms with Gasteiger partial charge in [-0.2, -0.15) is 0 Å². The van der Waals surface area contributed by atoms with Gasteiger partial charge in [0.05, 0.1) is 15.3 Å². The Morgan fingerprint density at radius 2 is 2.00 bits per heavy atom. The second-order valence-corrected chi connectivity index (χ2v) is 5.95. The molecule has 8 heteroatoms. The average molecular weight is 323 g/mol. The van der Waals surface area contributed by atoms with Crippen LogP contribution in [0.5, 0.6) is 0 Å². The monoisotopic (exact) mass is 322 g/mol. The molecule has 1 rings (SSSR count). The number of alkyl halides is 1. The van der Waals surface area contributed by atoms with E-state index in [1.165, 1.54) is 13.8 Å². The molecule has 1 aromatic rings. The van der Waals surface area contributed by atoms with Crippen LogP contribution in [0.15, 0.2) is 12.1 Å². The van der Waals surface area contributed by atoms with Crippen LogP contribution < -0.4 is 5.32 Å². The van der Waals surface area contributed by atoms with Crippen LogP contribution in [0.2, 0.25) is 0 Å². The van der Waals surface area contributed by atoms with Crippen molar-refractivity contribution in [2.75, 3.05) is 5.32 Å². The zero-order valence-electron chi connectivity index (χ0n) is 9.46. The first-order valence-electron chi connectivity index (χ1n) is 4.76. The van der Waals surface area contributed by atoms with Crippen molar-refractivity contribution in [3.05, 3.63) is 33.9 Å². The smallest absolute Gasteiger partial charge is 0.298 e. The number of benzene rings is 1. The third kappa shape index (κ3) is 3.22. The maximum absolute atomic E-state index is 13.4. The molecule has 0 saturated heterocycles. The summed E-state index contributed by atoms with van der Waals surface area (Å²) < 4.78 is 25.3. The largest absolute Gasteiger partial charge is 0.317 e. The van der Waals surface area contributed by atoms with Crippen LogP contribution in [0.3, 0.4) is 0 Å². The van der Waals surface area contributed by atoms with Gasteiger partial charge >= 0.3 is 0 Å². The maximum atomic E-state index is 13.4. The van der Waals surface area contributed by atoms with Gasteiger partial charge in [-0.05, 0) is 13.8 Å². The molecule has 0 radical (unpaired) electrons. The summed E-state index contributed by atoms with van der Waals surface area (Å²) in [6.07, 6.45) is 0. The van der Waals surface area contributed by atoms with Gasteiger partial charge in [0.25, 0.3) is 5.69 Å². The van der Waals surface area contributed by atoms with Gasteiger partial charge in [0.1, 0.15) is 5.82 Å². The van der Waals surface area contributed by atoms with Crippen molar-refractivity contribution in [1.82, 2.24) is 0 Å². The summed E-state index contributed by atoms with van der Waals surface area (Å²) in [5, 5.41) is 12.7. The van der Waals surface area contributed by atoms with Crippen LogP contribution in [0.4, 0.5) is 20.2 Å². The van der Waals surface area contributed by atoms with Crippen LogP contribution in [-0.4, -0.2) is 15.2 Å². The van der Waals surface area contributed by atoms with Gasteiger partial charge < -0.3 is 5.32 Å². The fourth-order valence-electron chi connectivity index (χ4n) is 1.09. The molecule has 0 saturated carbocycles. The molecule has 18 heavy (non-hydrogen) atoms. The van der Waals surface area contributed by atoms with Crippen molar-refractivity contribution >= 4 is 33.2 Å². The number of halogens is 3. The Bertz CT molecular complexity index is 515. The molecular formula is C10H9BrF2N2O3. The highest BCUT2D eigenvalue weighted by atomic mass is 79.9. The van der Waals surface area contributed by atoms with E-state index in [2.05, 4.69) is 21.2 Å². The zero-order valence-corrected chi connectivity index (χ0v) is 11.0. The van der Waals surface area contributed by atoms with E-state index >= 15 is 0 Å². The van der Waals surface area contributed by atoms with Crippen molar-refractivity contribution in [1.29, 1.82) is 0 Å². The molecule has 0 bridgehead atoms. The van der Waals surface area contributed by atoms with Crippen molar-refractivity contribution in [2.24, 2.45) is 0 Å². The summed E-state index contributed by atoms with van der Waals surface area (Å²) >= 11 is 3.02. The number of amides is 1. The SMILES string of the molecule is CC(C)(Br)C(=O)Nc1c(F)cc(F)cc1[N+](=O)[O-]. The predicted octanol–water partition coefficient (Wildman–Crippen LogP) is 2.99. The van der Waals surface area contributed by atoms with Crippen LogP contribution in [0, 0.1) is 21.7 Å². The Balaban J connectivity index is 3.24. The lowest BCUT2D eigenvalue weighted by molar-refractivity contribution is -0.384. The molecule has 0 spiro atoms. The van der Waals surface area contributed by atoms with Crippen LogP contribution in [-0.2, 0) is 4.79 Å². The highest BCUT2D eigenvalue weighted by molar-refractivity contribution is 9.10. The molecule has 0 unspecified atom stereocenters. The lowest BCUT2D eigenvalue weighted by Crippen LogP contribution is -2.31. The maximum Gasteiger partial charge on any atom is 0.298 e. The summed E-state index contributed by atoms with van der Waals surface area (Å²) in [5.41, 5.74) is -1.49. The summed E-state index contributed by atoms with van der Waals surface area (Å²) in [6.45, 7) is 2.96. The number of carbonyl (C=O) groups excluding carboxylic acids is 1. The second kappa shape index (κ2) is 4.97. The summed E-state index contributed by atoms with van der Waals surface area (Å²) in [7, 11) is 0. The quantitative estimate of drug-likeness (QED) is 0.528. The second-order valence-electron chi connectivity index (χ2n) is 3.97. The Hall–Kier alpha value is -1.57. The van der Waals surface area contributed by atoms with Crippen molar-refractivity contribution in [2.45, 2.75) is 18.2 Å². The minimum Gasteiger partial charge on any atom is -0.317 e. The number of carbonyl (C=O) groups is 1. The molecule has 0 aliphatic rings. The molecule has 0 atom stereocenters. The standard InChI is InChI=1S/C10H9BrF2N2O3/c1-10(2,11)9(16)14-8-6(13)3-5(12)4-7(8)15(17)18/h3-4H,1-2H3,(H,14,16). The minimum absolute atomic E-state index is 0.462. The van der Waals surface area contributed by atoms with E-state index in [0.717, 1.165) is 0 Å². The van der Waals surface area contributed by atoms with Crippen molar-refractivity contribution in [3.8, 4) is 0 Å². The molecule has 1 aromatic carbocycles. The Labute approximate surface area is 109 Å². The Morgan fingerprint density at radius 3 is 2.44 bits per heavy atom. The van der Waals surface area contributed by atoms with E-state index < -0.39 is 38.2 Å². The number of nitrogens with zero attached hydrogens (tertiary/aromatic N) is 1. The first-order chi connectivity index (χ1) is 8.12. The molecule has 0 fully saturated rings. The van der Waals surface area contributed by atoms with Crippen molar-refractivity contribution < 1.29 is 18.5 Å². The van der Waals surface area contributed by atoms with E-state index in [1.54, 1.807) is 0 Å². The van der Waals surface area contributed by atoms with Gasteiger partial charge in [0.2, 0.25) is 5.91 Å². The van der Waals surface area contributed by atoms with Crippen molar-refractivity contribution in [3.63, 3.8) is 0 Å². The fourth-order valence-corrected chi connectivity index (χ4v) is 1.19. The molecule has 0 aromatic heterocycles. The number of nitro groups is 1. The van der Waals surface area contributed by atoms with E-state index in [9.17, 15) is 23.7 Å². The molecular weight excluding hydrogens is 314 g/mol. The molecule has 5 nitrogen and oxygen atoms in total. The van der Waals surface area contributed by atoms with Crippen LogP contribution in [0.1, 0.15) is 13.8 Å². The van der Waals surface area contributed by atoms with E-state index in [0.29, 0.717) is 12.1 Å². The van der Waals surface area contributed by atoms with Gasteiger partial charge in [-0.3, -0.25) is 14.9 Å². The van der Waals surface area contributed by atoms with E-state index in [1.807, 2.05) is 0 Å². The molecule has 0 aliphatic heterocycles. The lowest BCUT2D eigenvalue weighted by Gasteiger charge is -2.16. The van der Waals surface area contributed by atoms with E-state index in [-0.39, 0.29) is 0 Å². The normalized spacial score (nSPS) is 11.2. The lowest BCUT2D eigenvalue weighted by atomic mass is 10.2.